The summed E-state index contributed by atoms with van der Waals surface area (Å²) in [4.78, 5) is 71.9. The van der Waals surface area contributed by atoms with E-state index >= 15 is 0 Å². The number of phosphoric ester groups is 2. The number of unbranched alkanes of at least 4 members (excludes halogenated alkanes) is 32. The Balaban J connectivity index is 5.21. The Bertz CT molecular complexity index is 1550. The summed E-state index contributed by atoms with van der Waals surface area (Å²) in [6, 6.07) is 0. The van der Waals surface area contributed by atoms with Crippen LogP contribution in [0.3, 0.4) is 0 Å². The van der Waals surface area contributed by atoms with Crippen molar-refractivity contribution in [2.24, 2.45) is 5.92 Å². The Labute approximate surface area is 479 Å². The third-order valence-electron chi connectivity index (χ3n) is 13.8. The molecule has 2 unspecified atom stereocenters. The van der Waals surface area contributed by atoms with Crippen LogP contribution in [-0.2, 0) is 65.4 Å². The van der Waals surface area contributed by atoms with Crippen LogP contribution in [0.15, 0.2) is 0 Å². The Morgan fingerprint density at radius 2 is 0.582 bits per heavy atom. The van der Waals surface area contributed by atoms with Crippen molar-refractivity contribution < 1.29 is 80.2 Å². The van der Waals surface area contributed by atoms with E-state index in [2.05, 4.69) is 34.6 Å². The molecule has 0 spiro atoms. The zero-order valence-electron chi connectivity index (χ0n) is 50.5. The van der Waals surface area contributed by atoms with Gasteiger partial charge in [0.05, 0.1) is 26.4 Å². The van der Waals surface area contributed by atoms with E-state index in [4.69, 9.17) is 37.0 Å². The molecule has 5 atom stereocenters. The van der Waals surface area contributed by atoms with Crippen molar-refractivity contribution in [3.8, 4) is 0 Å². The molecule has 0 aliphatic rings. The van der Waals surface area contributed by atoms with Crippen molar-refractivity contribution >= 4 is 39.5 Å². The van der Waals surface area contributed by atoms with Crippen molar-refractivity contribution in [2.45, 2.75) is 316 Å². The molecule has 0 aliphatic heterocycles. The van der Waals surface area contributed by atoms with E-state index in [0.29, 0.717) is 31.6 Å². The van der Waals surface area contributed by atoms with E-state index in [-0.39, 0.29) is 25.7 Å². The van der Waals surface area contributed by atoms with E-state index in [0.717, 1.165) is 109 Å². The van der Waals surface area contributed by atoms with E-state index in [9.17, 15) is 43.2 Å². The molecule has 0 saturated heterocycles. The molecule has 0 radical (unpaired) electrons. The van der Waals surface area contributed by atoms with Crippen LogP contribution in [-0.4, -0.2) is 96.7 Å². The van der Waals surface area contributed by atoms with E-state index < -0.39 is 97.5 Å². The maximum atomic E-state index is 12.9. The lowest BCUT2D eigenvalue weighted by atomic mass is 10.0. The van der Waals surface area contributed by atoms with Gasteiger partial charge in [-0.1, -0.05) is 247 Å². The van der Waals surface area contributed by atoms with Gasteiger partial charge in [-0.05, 0) is 31.6 Å². The van der Waals surface area contributed by atoms with Crippen LogP contribution < -0.4 is 0 Å². The topological polar surface area (TPSA) is 237 Å². The number of carbonyl (C=O) groups excluding carboxylic acids is 4. The number of hydrogen-bond donors (Lipinski definition) is 3. The molecule has 3 N–H and O–H groups in total. The highest BCUT2D eigenvalue weighted by Crippen LogP contribution is 2.45. The average molecular weight is 1170 g/mol. The van der Waals surface area contributed by atoms with Gasteiger partial charge in [-0.3, -0.25) is 37.3 Å². The summed E-state index contributed by atoms with van der Waals surface area (Å²) >= 11 is 0. The second-order valence-corrected chi connectivity index (χ2v) is 25.1. The van der Waals surface area contributed by atoms with Crippen LogP contribution >= 0.6 is 15.6 Å². The molecule has 79 heavy (non-hydrogen) atoms. The van der Waals surface area contributed by atoms with Gasteiger partial charge in [-0.25, -0.2) is 9.13 Å². The van der Waals surface area contributed by atoms with Gasteiger partial charge in [-0.2, -0.15) is 0 Å². The highest BCUT2D eigenvalue weighted by atomic mass is 31.2. The number of rotatable bonds is 60. The van der Waals surface area contributed by atoms with Gasteiger partial charge in [0.2, 0.25) is 0 Å². The fourth-order valence-corrected chi connectivity index (χ4v) is 10.5. The van der Waals surface area contributed by atoms with Gasteiger partial charge in [0, 0.05) is 25.7 Å². The summed E-state index contributed by atoms with van der Waals surface area (Å²) in [5, 5.41) is 10.5. The monoisotopic (exact) mass is 1170 g/mol. The highest BCUT2D eigenvalue weighted by molar-refractivity contribution is 7.47. The van der Waals surface area contributed by atoms with E-state index in [1.165, 1.54) is 103 Å². The zero-order valence-corrected chi connectivity index (χ0v) is 52.3. The normalized spacial score (nSPS) is 14.3. The molecule has 0 fully saturated rings. The molecule has 0 aliphatic carbocycles. The minimum absolute atomic E-state index is 0.106. The zero-order chi connectivity index (χ0) is 58.5. The fraction of sp³-hybridized carbons (Fsp3) is 0.933. The quantitative estimate of drug-likeness (QED) is 0.0222. The van der Waals surface area contributed by atoms with Gasteiger partial charge in [0.1, 0.15) is 19.3 Å². The maximum absolute atomic E-state index is 12.9. The third kappa shape index (κ3) is 55.0. The number of hydrogen-bond acceptors (Lipinski definition) is 15. The van der Waals surface area contributed by atoms with Crippen molar-refractivity contribution in [2.75, 3.05) is 39.6 Å². The minimum atomic E-state index is -4.94. The highest BCUT2D eigenvalue weighted by Gasteiger charge is 2.30. The number of aliphatic hydroxyl groups is 1. The molecule has 0 aromatic heterocycles. The summed E-state index contributed by atoms with van der Waals surface area (Å²) in [6.45, 7) is 7.06. The lowest BCUT2D eigenvalue weighted by molar-refractivity contribution is -0.161. The molecule has 0 bridgehead atoms. The van der Waals surface area contributed by atoms with Crippen molar-refractivity contribution in [1.29, 1.82) is 0 Å². The number of esters is 4. The van der Waals surface area contributed by atoms with E-state index in [1.54, 1.807) is 0 Å². The molecule has 0 amide bonds. The standard InChI is InChI=1S/C60H116O17P2/c1-6-9-12-15-18-20-22-23-25-30-36-41-46-60(65)77-56(50-71-58(63)44-39-34-31-26-28-32-37-42-53(4)5)52-75-79(68,69)73-48-54(61)47-72-78(66,67)74-51-55(49-70-57(62)43-38-33-27-17-14-11-8-3)76-59(64)45-40-35-29-24-21-19-16-13-10-7-2/h53-56,61H,6-52H2,1-5H3,(H,66,67)(H,68,69)/t54-,55+,56+/m0/s1. The third-order valence-corrected chi connectivity index (χ3v) is 15.7. The first-order valence-corrected chi connectivity index (χ1v) is 34.6. The van der Waals surface area contributed by atoms with E-state index in [1.807, 2.05) is 0 Å². The summed E-state index contributed by atoms with van der Waals surface area (Å²) in [5.74, 6) is -1.44. The fourth-order valence-electron chi connectivity index (χ4n) is 8.88. The van der Waals surface area contributed by atoms with Crippen LogP contribution in [0.25, 0.3) is 0 Å². The lowest BCUT2D eigenvalue weighted by Crippen LogP contribution is -2.30. The van der Waals surface area contributed by atoms with Gasteiger partial charge < -0.3 is 33.8 Å². The molecule has 0 saturated carbocycles. The number of phosphoric acid groups is 2. The number of aliphatic hydroxyl groups excluding tert-OH is 1. The summed E-state index contributed by atoms with van der Waals surface area (Å²) in [7, 11) is -9.87. The van der Waals surface area contributed by atoms with Crippen molar-refractivity contribution in [1.82, 2.24) is 0 Å². The Kier molecular flexibility index (Phi) is 52.7. The molecule has 0 heterocycles. The predicted octanol–water partition coefficient (Wildman–Crippen LogP) is 16.2. The average Bonchev–Trinajstić information content (AvgIpc) is 3.41. The Hall–Kier alpha value is -1.94. The maximum Gasteiger partial charge on any atom is 0.472 e. The van der Waals surface area contributed by atoms with Gasteiger partial charge in [0.25, 0.3) is 0 Å². The molecule has 0 rings (SSSR count). The van der Waals surface area contributed by atoms with Crippen LogP contribution in [0.4, 0.5) is 0 Å². The first kappa shape index (κ1) is 77.1. The van der Waals surface area contributed by atoms with Crippen LogP contribution in [0, 0.1) is 5.92 Å². The smallest absolute Gasteiger partial charge is 0.462 e. The Morgan fingerprint density at radius 3 is 0.861 bits per heavy atom. The SMILES string of the molecule is CCCCCCCCCCCCCCC(=O)O[C@H](COC(=O)CCCCCCCCCC(C)C)COP(=O)(O)OC[C@@H](O)COP(=O)(O)OC[C@@H](COC(=O)CCCCCCCCC)OC(=O)CCCCCCCCCCCC. The lowest BCUT2D eigenvalue weighted by Gasteiger charge is -2.21. The molecule has 0 aromatic carbocycles. The predicted molar refractivity (Wildman–Crippen MR) is 312 cm³/mol. The molecular weight excluding hydrogens is 1050 g/mol. The van der Waals surface area contributed by atoms with Crippen molar-refractivity contribution in [3.63, 3.8) is 0 Å². The second-order valence-electron chi connectivity index (χ2n) is 22.2. The first-order valence-electron chi connectivity index (χ1n) is 31.6. The molecule has 17 nitrogen and oxygen atoms in total. The number of carbonyl (C=O) groups is 4. The number of ether oxygens (including phenoxy) is 4. The molecule has 0 aromatic rings. The van der Waals surface area contributed by atoms with Gasteiger partial charge >= 0.3 is 39.5 Å². The van der Waals surface area contributed by atoms with Crippen LogP contribution in [0.1, 0.15) is 298 Å². The van der Waals surface area contributed by atoms with Gasteiger partial charge in [-0.15, -0.1) is 0 Å². The van der Waals surface area contributed by atoms with Gasteiger partial charge in [0.15, 0.2) is 12.2 Å². The van der Waals surface area contributed by atoms with Crippen LogP contribution in [0.2, 0.25) is 0 Å². The van der Waals surface area contributed by atoms with Crippen LogP contribution in [0.5, 0.6) is 0 Å². The first-order chi connectivity index (χ1) is 38.0. The van der Waals surface area contributed by atoms with Crippen molar-refractivity contribution in [3.05, 3.63) is 0 Å². The molecule has 19 heteroatoms. The summed E-state index contributed by atoms with van der Waals surface area (Å²) in [5.41, 5.74) is 0. The molecule has 468 valence electrons. The minimum Gasteiger partial charge on any atom is -0.462 e. The summed E-state index contributed by atoms with van der Waals surface area (Å²) < 4.78 is 67.7. The Morgan fingerprint density at radius 1 is 0.342 bits per heavy atom. The second kappa shape index (κ2) is 54.0. The largest absolute Gasteiger partial charge is 0.472 e. The molecular formula is C60H116O17P2. The summed E-state index contributed by atoms with van der Waals surface area (Å²) in [6.07, 6.45) is 36.3.